The molecule has 1 rings (SSSR count). The highest BCUT2D eigenvalue weighted by Crippen LogP contribution is 2.16. The number of benzene rings is 1. The molecular formula is C14H20ClN. The van der Waals surface area contributed by atoms with Gasteiger partial charge in [0.05, 0.1) is 0 Å². The van der Waals surface area contributed by atoms with Crippen LogP contribution < -0.4 is 4.90 Å². The van der Waals surface area contributed by atoms with Crippen LogP contribution in [-0.2, 0) is 5.88 Å². The maximum atomic E-state index is 5.77. The fraction of sp³-hybridized carbons (Fsp3) is 0.429. The van der Waals surface area contributed by atoms with Crippen molar-refractivity contribution >= 4 is 17.3 Å². The van der Waals surface area contributed by atoms with Gasteiger partial charge < -0.3 is 4.90 Å². The van der Waals surface area contributed by atoms with Gasteiger partial charge in [-0.15, -0.1) is 11.6 Å². The van der Waals surface area contributed by atoms with E-state index in [-0.39, 0.29) is 0 Å². The summed E-state index contributed by atoms with van der Waals surface area (Å²) in [5, 5.41) is 0. The summed E-state index contributed by atoms with van der Waals surface area (Å²) >= 11 is 5.77. The van der Waals surface area contributed by atoms with Crippen LogP contribution in [0.4, 0.5) is 5.69 Å². The predicted octanol–water partition coefficient (Wildman–Crippen LogP) is 4.22. The summed E-state index contributed by atoms with van der Waals surface area (Å²) in [6.07, 6.45) is 5.40. The maximum Gasteiger partial charge on any atom is 0.0474 e. The van der Waals surface area contributed by atoms with Crippen LogP contribution in [0, 0.1) is 0 Å². The Labute approximate surface area is 104 Å². The first-order valence-corrected chi connectivity index (χ1v) is 6.36. The third kappa shape index (κ3) is 3.90. The Bertz CT molecular complexity index is 316. The molecule has 0 fully saturated rings. The number of hydrogen-bond acceptors (Lipinski definition) is 1. The molecule has 0 aromatic heterocycles. The molecule has 0 spiro atoms. The molecule has 1 aromatic rings. The van der Waals surface area contributed by atoms with Crippen LogP contribution in [0.25, 0.3) is 0 Å². The molecule has 0 aliphatic heterocycles. The molecule has 0 saturated heterocycles. The summed E-state index contributed by atoms with van der Waals surface area (Å²) in [4.78, 5) is 2.37. The summed E-state index contributed by atoms with van der Waals surface area (Å²) in [6.45, 7) is 6.36. The summed E-state index contributed by atoms with van der Waals surface area (Å²) in [7, 11) is 0. The van der Waals surface area contributed by atoms with Crippen molar-refractivity contribution in [1.29, 1.82) is 0 Å². The molecule has 2 heteroatoms. The number of rotatable bonds is 6. The molecule has 0 unspecified atom stereocenters. The first-order valence-electron chi connectivity index (χ1n) is 5.82. The minimum atomic E-state index is 0.588. The third-order valence-electron chi connectivity index (χ3n) is 2.64. The molecule has 0 radical (unpaired) electrons. The zero-order chi connectivity index (χ0) is 11.8. The smallest absolute Gasteiger partial charge is 0.0474 e. The van der Waals surface area contributed by atoms with Crippen LogP contribution >= 0.6 is 11.6 Å². The molecule has 16 heavy (non-hydrogen) atoms. The zero-order valence-electron chi connectivity index (χ0n) is 10.1. The van der Waals surface area contributed by atoms with Gasteiger partial charge in [-0.3, -0.25) is 0 Å². The fourth-order valence-corrected chi connectivity index (χ4v) is 1.84. The topological polar surface area (TPSA) is 3.24 Å². The fourth-order valence-electron chi connectivity index (χ4n) is 1.66. The second-order valence-electron chi connectivity index (χ2n) is 3.74. The molecule has 0 amide bonds. The van der Waals surface area contributed by atoms with Gasteiger partial charge in [0.25, 0.3) is 0 Å². The molecule has 0 atom stereocenters. The minimum absolute atomic E-state index is 0.588. The van der Waals surface area contributed by atoms with Gasteiger partial charge >= 0.3 is 0 Å². The maximum absolute atomic E-state index is 5.77. The first kappa shape index (κ1) is 13.1. The Balaban J connectivity index is 2.63. The van der Waals surface area contributed by atoms with Crippen molar-refractivity contribution in [3.8, 4) is 0 Å². The highest BCUT2D eigenvalue weighted by Gasteiger charge is 2.02. The van der Waals surface area contributed by atoms with Crippen molar-refractivity contribution in [2.45, 2.75) is 26.1 Å². The number of nitrogens with zero attached hydrogens (tertiary/aromatic N) is 1. The first-order chi connectivity index (χ1) is 7.81. The van der Waals surface area contributed by atoms with E-state index in [0.717, 1.165) is 19.5 Å². The van der Waals surface area contributed by atoms with E-state index in [4.69, 9.17) is 11.6 Å². The van der Waals surface area contributed by atoms with Crippen LogP contribution in [0.3, 0.4) is 0 Å². The third-order valence-corrected chi connectivity index (χ3v) is 2.95. The normalized spacial score (nSPS) is 10.9. The summed E-state index contributed by atoms with van der Waals surface area (Å²) in [5.74, 6) is 0.588. The molecule has 0 heterocycles. The molecular weight excluding hydrogens is 218 g/mol. The van der Waals surface area contributed by atoms with Crippen molar-refractivity contribution in [1.82, 2.24) is 0 Å². The van der Waals surface area contributed by atoms with E-state index in [1.165, 1.54) is 11.3 Å². The van der Waals surface area contributed by atoms with E-state index in [0.29, 0.717) is 5.88 Å². The molecule has 88 valence electrons. The Morgan fingerprint density at radius 3 is 2.44 bits per heavy atom. The Kier molecular flexibility index (Phi) is 6.02. The Morgan fingerprint density at radius 1 is 1.25 bits per heavy atom. The van der Waals surface area contributed by atoms with Crippen LogP contribution in [0.2, 0.25) is 0 Å². The van der Waals surface area contributed by atoms with Crippen LogP contribution in [0.1, 0.15) is 25.8 Å². The van der Waals surface area contributed by atoms with Gasteiger partial charge in [-0.1, -0.05) is 24.3 Å². The average Bonchev–Trinajstić information content (AvgIpc) is 2.35. The van der Waals surface area contributed by atoms with Crippen LogP contribution in [0.15, 0.2) is 36.4 Å². The van der Waals surface area contributed by atoms with Gasteiger partial charge in [-0.05, 0) is 38.0 Å². The molecule has 0 N–H and O–H groups in total. The SMILES string of the molecule is C/C=C\CCN(CC)c1ccc(CCl)cc1. The van der Waals surface area contributed by atoms with E-state index in [1.54, 1.807) is 0 Å². The lowest BCUT2D eigenvalue weighted by Gasteiger charge is -2.22. The molecule has 1 aromatic carbocycles. The van der Waals surface area contributed by atoms with Gasteiger partial charge in [-0.2, -0.15) is 0 Å². The van der Waals surface area contributed by atoms with E-state index in [2.05, 4.69) is 55.2 Å². The van der Waals surface area contributed by atoms with E-state index < -0.39 is 0 Å². The van der Waals surface area contributed by atoms with Gasteiger partial charge in [0, 0.05) is 24.7 Å². The highest BCUT2D eigenvalue weighted by molar-refractivity contribution is 6.17. The van der Waals surface area contributed by atoms with Gasteiger partial charge in [0.2, 0.25) is 0 Å². The number of hydrogen-bond donors (Lipinski definition) is 0. The molecule has 0 aliphatic rings. The lowest BCUT2D eigenvalue weighted by atomic mass is 10.2. The average molecular weight is 238 g/mol. The quantitative estimate of drug-likeness (QED) is 0.529. The van der Waals surface area contributed by atoms with Crippen molar-refractivity contribution in [2.75, 3.05) is 18.0 Å². The zero-order valence-corrected chi connectivity index (χ0v) is 10.9. The Morgan fingerprint density at radius 2 is 1.94 bits per heavy atom. The molecule has 0 aliphatic carbocycles. The van der Waals surface area contributed by atoms with E-state index in [9.17, 15) is 0 Å². The number of allylic oxidation sites excluding steroid dienone is 1. The lowest BCUT2D eigenvalue weighted by Crippen LogP contribution is -2.23. The highest BCUT2D eigenvalue weighted by atomic mass is 35.5. The number of alkyl halides is 1. The van der Waals surface area contributed by atoms with Gasteiger partial charge in [-0.25, -0.2) is 0 Å². The van der Waals surface area contributed by atoms with Crippen molar-refractivity contribution in [2.24, 2.45) is 0 Å². The van der Waals surface area contributed by atoms with Crippen LogP contribution in [0.5, 0.6) is 0 Å². The van der Waals surface area contributed by atoms with Gasteiger partial charge in [0.15, 0.2) is 0 Å². The number of halogens is 1. The monoisotopic (exact) mass is 237 g/mol. The summed E-state index contributed by atoms with van der Waals surface area (Å²) in [5.41, 5.74) is 2.45. The second kappa shape index (κ2) is 7.34. The standard InChI is InChI=1S/C14H20ClN/c1-3-5-6-11-16(4-2)14-9-7-13(12-15)8-10-14/h3,5,7-10H,4,6,11-12H2,1-2H3/b5-3-. The van der Waals surface area contributed by atoms with Crippen molar-refractivity contribution < 1.29 is 0 Å². The molecule has 0 saturated carbocycles. The summed E-state index contributed by atoms with van der Waals surface area (Å²) < 4.78 is 0. The molecule has 0 bridgehead atoms. The van der Waals surface area contributed by atoms with Crippen LogP contribution in [-0.4, -0.2) is 13.1 Å². The Hall–Kier alpha value is -0.950. The van der Waals surface area contributed by atoms with E-state index >= 15 is 0 Å². The summed E-state index contributed by atoms with van der Waals surface area (Å²) in [6, 6.07) is 8.50. The van der Waals surface area contributed by atoms with E-state index in [1.807, 2.05) is 0 Å². The predicted molar refractivity (Wildman–Crippen MR) is 73.3 cm³/mol. The minimum Gasteiger partial charge on any atom is -0.372 e. The lowest BCUT2D eigenvalue weighted by molar-refractivity contribution is 0.822. The largest absolute Gasteiger partial charge is 0.372 e. The number of anilines is 1. The molecule has 1 nitrogen and oxygen atoms in total. The van der Waals surface area contributed by atoms with Gasteiger partial charge in [0.1, 0.15) is 0 Å². The van der Waals surface area contributed by atoms with Crippen molar-refractivity contribution in [3.05, 3.63) is 42.0 Å². The van der Waals surface area contributed by atoms with Crippen molar-refractivity contribution in [3.63, 3.8) is 0 Å². The second-order valence-corrected chi connectivity index (χ2v) is 4.00.